The first-order valence-electron chi connectivity index (χ1n) is 4.01. The lowest BCUT2D eigenvalue weighted by Gasteiger charge is -2.14. The molecule has 0 radical (unpaired) electrons. The van der Waals surface area contributed by atoms with Gasteiger partial charge in [-0.1, -0.05) is 11.6 Å². The minimum absolute atomic E-state index is 0.392. The Morgan fingerprint density at radius 1 is 1.18 bits per heavy atom. The molecule has 1 aromatic rings. The van der Waals surface area contributed by atoms with Gasteiger partial charge in [0.1, 0.15) is 5.02 Å². The third kappa shape index (κ3) is 3.65. The Morgan fingerprint density at radius 3 is 2.12 bits per heavy atom. The monoisotopic (exact) mass is 279 g/mol. The zero-order valence-electron chi connectivity index (χ0n) is 8.08. The average molecular weight is 280 g/mol. The van der Waals surface area contributed by atoms with Gasteiger partial charge in [-0.3, -0.25) is 0 Å². The molecule has 0 atom stereocenters. The molecule has 1 aromatic heterocycles. The van der Waals surface area contributed by atoms with Gasteiger partial charge in [-0.15, -0.1) is 13.2 Å². The van der Waals surface area contributed by atoms with Gasteiger partial charge in [0.15, 0.2) is 5.69 Å². The summed E-state index contributed by atoms with van der Waals surface area (Å²) in [4.78, 5) is 2.73. The molecule has 0 unspecified atom stereocenters. The fourth-order valence-corrected chi connectivity index (χ4v) is 1.28. The highest BCUT2D eigenvalue weighted by molar-refractivity contribution is 6.31. The van der Waals surface area contributed by atoms with Crippen molar-refractivity contribution in [1.82, 2.24) is 4.98 Å². The normalized spacial score (nSPS) is 12.7. The number of alkyl halides is 6. The first-order chi connectivity index (χ1) is 7.50. The van der Waals surface area contributed by atoms with Crippen LogP contribution in [-0.4, -0.2) is 11.3 Å². The summed E-state index contributed by atoms with van der Waals surface area (Å²) in [5.41, 5.74) is -1.86. The van der Waals surface area contributed by atoms with Crippen LogP contribution in [0.4, 0.5) is 26.3 Å². The summed E-state index contributed by atoms with van der Waals surface area (Å²) < 4.78 is 75.9. The molecular weight excluding hydrogens is 276 g/mol. The van der Waals surface area contributed by atoms with Crippen molar-refractivity contribution in [2.75, 3.05) is 0 Å². The van der Waals surface area contributed by atoms with Crippen LogP contribution in [0.15, 0.2) is 6.07 Å². The van der Waals surface area contributed by atoms with Gasteiger partial charge in [0.2, 0.25) is 5.88 Å². The standard InChI is InChI=1S/C8H4ClF6NO/c1-3-2-4(9)6(17-8(13,14)15)16-5(3)7(10,11)12/h2H,1H3. The topological polar surface area (TPSA) is 22.1 Å². The molecule has 0 saturated heterocycles. The van der Waals surface area contributed by atoms with Gasteiger partial charge >= 0.3 is 12.5 Å². The maximum absolute atomic E-state index is 12.4. The number of ether oxygens (including phenoxy) is 1. The second-order valence-corrected chi connectivity index (χ2v) is 3.39. The van der Waals surface area contributed by atoms with E-state index in [0.29, 0.717) is 6.07 Å². The minimum Gasteiger partial charge on any atom is -0.386 e. The largest absolute Gasteiger partial charge is 0.574 e. The summed E-state index contributed by atoms with van der Waals surface area (Å²) in [6, 6.07) is 0.707. The third-order valence-corrected chi connectivity index (χ3v) is 1.89. The Balaban J connectivity index is 3.25. The van der Waals surface area contributed by atoms with Gasteiger partial charge in [0.25, 0.3) is 0 Å². The van der Waals surface area contributed by atoms with Crippen molar-refractivity contribution in [3.8, 4) is 5.88 Å². The number of hydrogen-bond donors (Lipinski definition) is 0. The van der Waals surface area contributed by atoms with Crippen LogP contribution in [0.3, 0.4) is 0 Å². The molecule has 0 aliphatic heterocycles. The highest BCUT2D eigenvalue weighted by Crippen LogP contribution is 2.36. The van der Waals surface area contributed by atoms with Crippen LogP contribution in [0, 0.1) is 6.92 Å². The lowest BCUT2D eigenvalue weighted by atomic mass is 10.2. The molecule has 1 heterocycles. The maximum atomic E-state index is 12.4. The van der Waals surface area contributed by atoms with Gasteiger partial charge in [-0.25, -0.2) is 4.98 Å². The SMILES string of the molecule is Cc1cc(Cl)c(OC(F)(F)F)nc1C(F)(F)F. The van der Waals surface area contributed by atoms with Crippen molar-refractivity contribution in [1.29, 1.82) is 0 Å². The average Bonchev–Trinajstić information content (AvgIpc) is 2.05. The first kappa shape index (κ1) is 13.9. The van der Waals surface area contributed by atoms with Gasteiger partial charge < -0.3 is 4.74 Å². The maximum Gasteiger partial charge on any atom is 0.574 e. The molecule has 2 nitrogen and oxygen atoms in total. The number of pyridine rings is 1. The number of aromatic nitrogens is 1. The van der Waals surface area contributed by atoms with E-state index < -0.39 is 34.7 Å². The summed E-state index contributed by atoms with van der Waals surface area (Å²) in [5, 5.41) is -0.646. The molecule has 0 aliphatic rings. The van der Waals surface area contributed by atoms with Crippen LogP contribution >= 0.6 is 11.6 Å². The fraction of sp³-hybridized carbons (Fsp3) is 0.375. The van der Waals surface area contributed by atoms with Crippen LogP contribution in [0.2, 0.25) is 5.02 Å². The molecule has 0 fully saturated rings. The van der Waals surface area contributed by atoms with E-state index >= 15 is 0 Å². The van der Waals surface area contributed by atoms with E-state index in [-0.39, 0.29) is 0 Å². The van der Waals surface area contributed by atoms with Crippen LogP contribution in [0.1, 0.15) is 11.3 Å². The smallest absolute Gasteiger partial charge is 0.386 e. The molecule has 0 aromatic carbocycles. The Morgan fingerprint density at radius 2 is 1.71 bits per heavy atom. The second-order valence-electron chi connectivity index (χ2n) is 2.99. The zero-order chi connectivity index (χ0) is 13.4. The van der Waals surface area contributed by atoms with Crippen molar-refractivity contribution < 1.29 is 31.1 Å². The molecule has 0 amide bonds. The Bertz CT molecular complexity index is 427. The number of rotatable bonds is 1. The van der Waals surface area contributed by atoms with Crippen molar-refractivity contribution in [2.24, 2.45) is 0 Å². The Labute approximate surface area is 96.2 Å². The molecule has 0 aliphatic carbocycles. The summed E-state index contributed by atoms with van der Waals surface area (Å²) in [5.74, 6) is -1.32. The second kappa shape index (κ2) is 4.25. The van der Waals surface area contributed by atoms with Crippen molar-refractivity contribution >= 4 is 11.6 Å². The highest BCUT2D eigenvalue weighted by atomic mass is 35.5. The first-order valence-corrected chi connectivity index (χ1v) is 4.38. The van der Waals surface area contributed by atoms with E-state index in [1.807, 2.05) is 0 Å². The predicted octanol–water partition coefficient (Wildman–Crippen LogP) is 3.96. The summed E-state index contributed by atoms with van der Waals surface area (Å²) in [6.45, 7) is 1.03. The molecule has 0 spiro atoms. The number of halogens is 7. The Hall–Kier alpha value is -1.18. The van der Waals surface area contributed by atoms with Gasteiger partial charge in [-0.05, 0) is 18.6 Å². The molecular formula is C8H4ClF6NO. The van der Waals surface area contributed by atoms with Crippen molar-refractivity contribution in [3.63, 3.8) is 0 Å². The van der Waals surface area contributed by atoms with E-state index in [4.69, 9.17) is 11.6 Å². The van der Waals surface area contributed by atoms with Gasteiger partial charge in [0.05, 0.1) is 0 Å². The quantitative estimate of drug-likeness (QED) is 0.726. The summed E-state index contributed by atoms with van der Waals surface area (Å²) in [6.07, 6.45) is -10.0. The van der Waals surface area contributed by atoms with Gasteiger partial charge in [-0.2, -0.15) is 13.2 Å². The van der Waals surface area contributed by atoms with Crippen LogP contribution in [0.25, 0.3) is 0 Å². The van der Waals surface area contributed by atoms with E-state index in [1.54, 1.807) is 0 Å². The molecule has 0 bridgehead atoms. The lowest BCUT2D eigenvalue weighted by Crippen LogP contribution is -2.20. The summed E-state index contributed by atoms with van der Waals surface area (Å²) >= 11 is 5.30. The number of hydrogen-bond acceptors (Lipinski definition) is 2. The molecule has 17 heavy (non-hydrogen) atoms. The van der Waals surface area contributed by atoms with Crippen LogP contribution < -0.4 is 4.74 Å². The molecule has 0 N–H and O–H groups in total. The van der Waals surface area contributed by atoms with E-state index in [9.17, 15) is 26.3 Å². The number of nitrogens with zero attached hydrogens (tertiary/aromatic N) is 1. The van der Waals surface area contributed by atoms with Crippen molar-refractivity contribution in [3.05, 3.63) is 22.3 Å². The van der Waals surface area contributed by atoms with Crippen LogP contribution in [-0.2, 0) is 6.18 Å². The molecule has 0 saturated carbocycles. The Kier molecular flexibility index (Phi) is 3.47. The lowest BCUT2D eigenvalue weighted by molar-refractivity contribution is -0.276. The third-order valence-electron chi connectivity index (χ3n) is 1.62. The molecule has 9 heteroatoms. The van der Waals surface area contributed by atoms with Crippen LogP contribution in [0.5, 0.6) is 5.88 Å². The van der Waals surface area contributed by atoms with E-state index in [2.05, 4.69) is 9.72 Å². The molecule has 96 valence electrons. The minimum atomic E-state index is -5.16. The van der Waals surface area contributed by atoms with E-state index in [0.717, 1.165) is 6.92 Å². The predicted molar refractivity (Wildman–Crippen MR) is 45.7 cm³/mol. The highest BCUT2D eigenvalue weighted by Gasteiger charge is 2.38. The fourth-order valence-electron chi connectivity index (χ4n) is 1.03. The van der Waals surface area contributed by atoms with E-state index in [1.165, 1.54) is 0 Å². The molecule has 1 rings (SSSR count). The van der Waals surface area contributed by atoms with Gasteiger partial charge in [0, 0.05) is 0 Å². The van der Waals surface area contributed by atoms with Crippen molar-refractivity contribution in [2.45, 2.75) is 19.5 Å². The number of aryl methyl sites for hydroxylation is 1. The summed E-state index contributed by atoms with van der Waals surface area (Å²) in [7, 11) is 0. The zero-order valence-corrected chi connectivity index (χ0v) is 8.83.